The van der Waals surface area contributed by atoms with Crippen LogP contribution in [0.1, 0.15) is 50.3 Å². The van der Waals surface area contributed by atoms with Crippen LogP contribution in [0.5, 0.6) is 0 Å². The van der Waals surface area contributed by atoms with E-state index in [9.17, 15) is 0 Å². The number of fused-ring (bicyclic) bond motifs is 11. The van der Waals surface area contributed by atoms with Crippen molar-refractivity contribution in [3.8, 4) is 22.4 Å². The maximum Gasteiger partial charge on any atom is 0.0712 e. The second-order valence-electron chi connectivity index (χ2n) is 12.2. The average molecular weight is 514 g/mol. The molecule has 1 aliphatic rings. The maximum absolute atomic E-state index is 5.14. The number of aromatic nitrogens is 1. The van der Waals surface area contributed by atoms with E-state index in [0.29, 0.717) is 5.92 Å². The minimum atomic E-state index is -0.108. The van der Waals surface area contributed by atoms with E-state index >= 15 is 0 Å². The maximum atomic E-state index is 5.14. The molecule has 0 aliphatic heterocycles. The molecule has 1 aliphatic carbocycles. The van der Waals surface area contributed by atoms with Crippen molar-refractivity contribution in [1.29, 1.82) is 0 Å². The van der Waals surface area contributed by atoms with Crippen molar-refractivity contribution in [3.63, 3.8) is 0 Å². The first kappa shape index (κ1) is 23.4. The summed E-state index contributed by atoms with van der Waals surface area (Å²) in [6.45, 7) is 9.25. The van der Waals surface area contributed by atoms with Crippen molar-refractivity contribution in [2.75, 3.05) is 0 Å². The molecule has 0 saturated carbocycles. The Bertz CT molecular complexity index is 2130. The molecule has 0 bridgehead atoms. The zero-order valence-corrected chi connectivity index (χ0v) is 23.4. The summed E-state index contributed by atoms with van der Waals surface area (Å²) in [6, 6.07) is 40.4. The van der Waals surface area contributed by atoms with Gasteiger partial charge in [0.05, 0.1) is 11.2 Å². The Labute approximate surface area is 235 Å². The first-order valence-electron chi connectivity index (χ1n) is 14.3. The second-order valence-corrected chi connectivity index (χ2v) is 12.2. The number of rotatable bonds is 2. The summed E-state index contributed by atoms with van der Waals surface area (Å²) < 4.78 is 0. The summed E-state index contributed by atoms with van der Waals surface area (Å²) in [7, 11) is 0. The van der Waals surface area contributed by atoms with Gasteiger partial charge in [-0.25, -0.2) is 4.98 Å². The van der Waals surface area contributed by atoms with Gasteiger partial charge < -0.3 is 0 Å². The molecule has 1 aromatic heterocycles. The van der Waals surface area contributed by atoms with Crippen molar-refractivity contribution < 1.29 is 0 Å². The highest BCUT2D eigenvalue weighted by molar-refractivity contribution is 6.29. The third-order valence-corrected chi connectivity index (χ3v) is 9.23. The Morgan fingerprint density at radius 1 is 0.575 bits per heavy atom. The molecule has 8 rings (SSSR count). The van der Waals surface area contributed by atoms with Crippen LogP contribution in [0.4, 0.5) is 0 Å². The summed E-state index contributed by atoms with van der Waals surface area (Å²) in [5, 5.41) is 9.25. The monoisotopic (exact) mass is 513 g/mol. The fraction of sp³-hybridized carbons (Fsp3) is 0.154. The van der Waals surface area contributed by atoms with Crippen LogP contribution in [0, 0.1) is 0 Å². The molecule has 0 fully saturated rings. The normalized spacial score (nSPS) is 13.9. The summed E-state index contributed by atoms with van der Waals surface area (Å²) in [4.78, 5) is 5.14. The highest BCUT2D eigenvalue weighted by Gasteiger charge is 2.37. The van der Waals surface area contributed by atoms with Gasteiger partial charge in [0.25, 0.3) is 0 Å². The Morgan fingerprint density at radius 2 is 1.23 bits per heavy atom. The Hall–Kier alpha value is -4.49. The van der Waals surface area contributed by atoms with Gasteiger partial charge in [-0.15, -0.1) is 0 Å². The highest BCUT2D eigenvalue weighted by atomic mass is 14.7. The first-order valence-corrected chi connectivity index (χ1v) is 14.3. The summed E-state index contributed by atoms with van der Waals surface area (Å²) in [6.07, 6.45) is 0. The van der Waals surface area contributed by atoms with Gasteiger partial charge in [0, 0.05) is 16.4 Å². The van der Waals surface area contributed by atoms with Crippen LogP contribution >= 0.6 is 0 Å². The lowest BCUT2D eigenvalue weighted by atomic mass is 9.81. The molecule has 40 heavy (non-hydrogen) atoms. The fourth-order valence-electron chi connectivity index (χ4n) is 7.22. The van der Waals surface area contributed by atoms with E-state index in [0.717, 1.165) is 11.2 Å². The minimum absolute atomic E-state index is 0.108. The smallest absolute Gasteiger partial charge is 0.0712 e. The van der Waals surface area contributed by atoms with Crippen LogP contribution in [0.2, 0.25) is 0 Å². The number of nitrogens with zero attached hydrogens (tertiary/aromatic N) is 1. The summed E-state index contributed by atoms with van der Waals surface area (Å²) in [5.74, 6) is 0.471. The van der Waals surface area contributed by atoms with Crippen LogP contribution in [0.3, 0.4) is 0 Å². The van der Waals surface area contributed by atoms with Gasteiger partial charge in [0.1, 0.15) is 0 Å². The zero-order valence-electron chi connectivity index (χ0n) is 23.4. The molecular formula is C39H31N. The van der Waals surface area contributed by atoms with Crippen molar-refractivity contribution in [2.24, 2.45) is 0 Å². The Balaban J connectivity index is 1.39. The van der Waals surface area contributed by atoms with Crippen LogP contribution in [0.15, 0.2) is 109 Å². The van der Waals surface area contributed by atoms with E-state index in [4.69, 9.17) is 4.98 Å². The number of benzene rings is 6. The van der Waals surface area contributed by atoms with E-state index in [1.54, 1.807) is 0 Å². The van der Waals surface area contributed by atoms with E-state index < -0.39 is 0 Å². The lowest BCUT2D eigenvalue weighted by molar-refractivity contribution is 0.661. The van der Waals surface area contributed by atoms with E-state index in [-0.39, 0.29) is 5.41 Å². The van der Waals surface area contributed by atoms with E-state index in [1.165, 1.54) is 71.1 Å². The molecule has 1 nitrogen and oxygen atoms in total. The molecule has 0 unspecified atom stereocenters. The predicted molar refractivity (Wildman–Crippen MR) is 171 cm³/mol. The molecule has 0 N–H and O–H groups in total. The van der Waals surface area contributed by atoms with Gasteiger partial charge in [0.15, 0.2) is 0 Å². The average Bonchev–Trinajstić information content (AvgIpc) is 3.22. The molecule has 0 spiro atoms. The largest absolute Gasteiger partial charge is 0.248 e. The third-order valence-electron chi connectivity index (χ3n) is 9.23. The van der Waals surface area contributed by atoms with Gasteiger partial charge in [-0.2, -0.15) is 0 Å². The van der Waals surface area contributed by atoms with Gasteiger partial charge in [-0.3, -0.25) is 0 Å². The van der Waals surface area contributed by atoms with E-state index in [1.807, 2.05) is 0 Å². The van der Waals surface area contributed by atoms with Crippen LogP contribution in [0.25, 0.3) is 65.6 Å². The fourth-order valence-corrected chi connectivity index (χ4v) is 7.22. The SMILES string of the molecule is CC(C)c1cccc2nc(-c3ccc4c(c3)C(C)(C)c3ccc5c6ccccc6c6ccccc6c5c3-4)ccc12. The minimum Gasteiger partial charge on any atom is -0.248 e. The molecule has 0 radical (unpaired) electrons. The van der Waals surface area contributed by atoms with Crippen molar-refractivity contribution >= 4 is 43.2 Å². The number of hydrogen-bond donors (Lipinski definition) is 0. The van der Waals surface area contributed by atoms with Crippen molar-refractivity contribution in [1.82, 2.24) is 4.98 Å². The zero-order chi connectivity index (χ0) is 27.2. The Kier molecular flexibility index (Phi) is 4.83. The van der Waals surface area contributed by atoms with E-state index in [2.05, 4.69) is 137 Å². The van der Waals surface area contributed by atoms with Gasteiger partial charge >= 0.3 is 0 Å². The van der Waals surface area contributed by atoms with Crippen molar-refractivity contribution in [2.45, 2.75) is 39.0 Å². The van der Waals surface area contributed by atoms with Gasteiger partial charge in [0.2, 0.25) is 0 Å². The Morgan fingerprint density at radius 3 is 1.95 bits per heavy atom. The van der Waals surface area contributed by atoms with Crippen LogP contribution in [-0.2, 0) is 5.41 Å². The number of hydrogen-bond acceptors (Lipinski definition) is 1. The summed E-state index contributed by atoms with van der Waals surface area (Å²) in [5.41, 5.74) is 10.0. The third kappa shape index (κ3) is 3.12. The second kappa shape index (κ2) is 8.26. The molecular weight excluding hydrogens is 482 g/mol. The first-order chi connectivity index (χ1) is 19.4. The predicted octanol–water partition coefficient (Wildman–Crippen LogP) is 10.8. The molecule has 0 atom stereocenters. The number of pyridine rings is 1. The van der Waals surface area contributed by atoms with Gasteiger partial charge in [-0.1, -0.05) is 119 Å². The topological polar surface area (TPSA) is 12.9 Å². The lowest BCUT2D eigenvalue weighted by Gasteiger charge is -2.22. The van der Waals surface area contributed by atoms with Gasteiger partial charge in [-0.05, 0) is 84.3 Å². The molecule has 6 aromatic carbocycles. The standard InChI is InChI=1S/C39H31N/c1-23(2)25-14-9-15-36-29(25)19-21-35(40-36)24-16-17-32-34(22-24)39(3,4)33-20-18-31-28-12-6-5-10-26(28)27-11-7-8-13-30(27)37(31)38(32)33/h5-23H,1-4H3. The summed E-state index contributed by atoms with van der Waals surface area (Å²) >= 11 is 0. The molecule has 7 aromatic rings. The molecule has 0 amide bonds. The molecule has 0 saturated heterocycles. The molecule has 1 heteroatoms. The van der Waals surface area contributed by atoms with Crippen LogP contribution in [-0.4, -0.2) is 4.98 Å². The van der Waals surface area contributed by atoms with Crippen molar-refractivity contribution in [3.05, 3.63) is 126 Å². The lowest BCUT2D eigenvalue weighted by Crippen LogP contribution is -2.15. The molecule has 1 heterocycles. The van der Waals surface area contributed by atoms with Crippen LogP contribution < -0.4 is 0 Å². The molecule has 192 valence electrons. The quantitative estimate of drug-likeness (QED) is 0.210. The highest BCUT2D eigenvalue weighted by Crippen LogP contribution is 2.54.